The van der Waals surface area contributed by atoms with E-state index in [0.717, 1.165) is 37.7 Å². The van der Waals surface area contributed by atoms with Crippen LogP contribution in [0.1, 0.15) is 12.5 Å². The standard InChI is InChI=1S/C20H24FN3O2/c1-14-6-7-17(13-19(14)21)23-20(25)15(2)22-16-4-3-5-18(12-16)24-8-10-26-11-9-24/h3-7,12-13,15,22H,8-11H2,1-2H3,(H,23,25). The Morgan fingerprint density at radius 3 is 2.65 bits per heavy atom. The molecule has 2 aromatic rings. The van der Waals surface area contributed by atoms with Crippen molar-refractivity contribution < 1.29 is 13.9 Å². The van der Waals surface area contributed by atoms with Crippen LogP contribution in [0.25, 0.3) is 0 Å². The summed E-state index contributed by atoms with van der Waals surface area (Å²) < 4.78 is 19.0. The van der Waals surface area contributed by atoms with E-state index in [1.807, 2.05) is 18.2 Å². The quantitative estimate of drug-likeness (QED) is 0.861. The molecule has 1 saturated heterocycles. The third-order valence-electron chi connectivity index (χ3n) is 4.44. The van der Waals surface area contributed by atoms with E-state index in [0.29, 0.717) is 11.3 Å². The zero-order valence-electron chi connectivity index (χ0n) is 15.1. The van der Waals surface area contributed by atoms with Crippen LogP contribution >= 0.6 is 0 Å². The molecule has 1 fully saturated rings. The van der Waals surface area contributed by atoms with Crippen molar-refractivity contribution in [2.45, 2.75) is 19.9 Å². The van der Waals surface area contributed by atoms with Crippen LogP contribution in [0, 0.1) is 12.7 Å². The zero-order chi connectivity index (χ0) is 18.5. The van der Waals surface area contributed by atoms with Gasteiger partial charge in [0.15, 0.2) is 0 Å². The first-order valence-corrected chi connectivity index (χ1v) is 8.79. The average molecular weight is 357 g/mol. The molecular weight excluding hydrogens is 333 g/mol. The minimum Gasteiger partial charge on any atom is -0.378 e. The highest BCUT2D eigenvalue weighted by Gasteiger charge is 2.15. The molecular formula is C20H24FN3O2. The van der Waals surface area contributed by atoms with E-state index in [1.54, 1.807) is 26.0 Å². The lowest BCUT2D eigenvalue weighted by atomic mass is 10.2. The van der Waals surface area contributed by atoms with Gasteiger partial charge < -0.3 is 20.3 Å². The Bertz CT molecular complexity index is 775. The number of morpholine rings is 1. The largest absolute Gasteiger partial charge is 0.378 e. The molecule has 138 valence electrons. The van der Waals surface area contributed by atoms with Gasteiger partial charge in [-0.15, -0.1) is 0 Å². The SMILES string of the molecule is Cc1ccc(NC(=O)C(C)Nc2cccc(N3CCOCC3)c2)cc1F. The van der Waals surface area contributed by atoms with Crippen LogP contribution < -0.4 is 15.5 Å². The molecule has 1 aliphatic heterocycles. The van der Waals surface area contributed by atoms with Gasteiger partial charge in [0, 0.05) is 30.2 Å². The highest BCUT2D eigenvalue weighted by molar-refractivity contribution is 5.96. The molecule has 1 atom stereocenters. The number of nitrogens with one attached hydrogen (secondary N) is 2. The fourth-order valence-electron chi connectivity index (χ4n) is 2.85. The first kappa shape index (κ1) is 18.2. The van der Waals surface area contributed by atoms with Crippen molar-refractivity contribution in [3.8, 4) is 0 Å². The van der Waals surface area contributed by atoms with Gasteiger partial charge in [-0.05, 0) is 49.7 Å². The van der Waals surface area contributed by atoms with Gasteiger partial charge in [-0.25, -0.2) is 4.39 Å². The van der Waals surface area contributed by atoms with E-state index < -0.39 is 6.04 Å². The van der Waals surface area contributed by atoms with E-state index in [2.05, 4.69) is 21.6 Å². The Hall–Kier alpha value is -2.60. The molecule has 0 spiro atoms. The zero-order valence-corrected chi connectivity index (χ0v) is 15.1. The topological polar surface area (TPSA) is 53.6 Å². The fourth-order valence-corrected chi connectivity index (χ4v) is 2.85. The number of ether oxygens (including phenoxy) is 1. The van der Waals surface area contributed by atoms with Gasteiger partial charge in [-0.2, -0.15) is 0 Å². The lowest BCUT2D eigenvalue weighted by molar-refractivity contribution is -0.116. The number of hydrogen-bond acceptors (Lipinski definition) is 4. The summed E-state index contributed by atoms with van der Waals surface area (Å²) in [6.07, 6.45) is 0. The van der Waals surface area contributed by atoms with Crippen molar-refractivity contribution in [3.05, 3.63) is 53.8 Å². The molecule has 1 amide bonds. The predicted molar refractivity (Wildman–Crippen MR) is 102 cm³/mol. The second kappa shape index (κ2) is 8.19. The summed E-state index contributed by atoms with van der Waals surface area (Å²) in [4.78, 5) is 14.6. The van der Waals surface area contributed by atoms with Gasteiger partial charge in [0.2, 0.25) is 5.91 Å². The minimum atomic E-state index is -0.459. The molecule has 0 saturated carbocycles. The molecule has 6 heteroatoms. The maximum absolute atomic E-state index is 13.6. The molecule has 26 heavy (non-hydrogen) atoms. The Kier molecular flexibility index (Phi) is 5.73. The number of hydrogen-bond donors (Lipinski definition) is 2. The van der Waals surface area contributed by atoms with Gasteiger partial charge in [-0.3, -0.25) is 4.79 Å². The van der Waals surface area contributed by atoms with Crippen LogP contribution in [0.4, 0.5) is 21.5 Å². The Morgan fingerprint density at radius 2 is 1.92 bits per heavy atom. The van der Waals surface area contributed by atoms with E-state index >= 15 is 0 Å². The normalized spacial score (nSPS) is 15.4. The maximum Gasteiger partial charge on any atom is 0.246 e. The second-order valence-corrected chi connectivity index (χ2v) is 6.47. The Labute approximate surface area is 153 Å². The first-order valence-electron chi connectivity index (χ1n) is 8.79. The summed E-state index contributed by atoms with van der Waals surface area (Å²) >= 11 is 0. The molecule has 1 aliphatic rings. The number of anilines is 3. The van der Waals surface area contributed by atoms with Crippen LogP contribution in [0.15, 0.2) is 42.5 Å². The smallest absolute Gasteiger partial charge is 0.246 e. The van der Waals surface area contributed by atoms with Crippen LogP contribution in [-0.2, 0) is 9.53 Å². The van der Waals surface area contributed by atoms with Gasteiger partial charge >= 0.3 is 0 Å². The summed E-state index contributed by atoms with van der Waals surface area (Å²) in [5, 5.41) is 5.94. The molecule has 3 rings (SSSR count). The number of aryl methyl sites for hydroxylation is 1. The molecule has 0 radical (unpaired) electrons. The van der Waals surface area contributed by atoms with Crippen molar-refractivity contribution in [1.29, 1.82) is 0 Å². The summed E-state index contributed by atoms with van der Waals surface area (Å²) in [6, 6.07) is 12.2. The lowest BCUT2D eigenvalue weighted by Crippen LogP contribution is -2.36. The lowest BCUT2D eigenvalue weighted by Gasteiger charge is -2.29. The number of carbonyl (C=O) groups is 1. The molecule has 0 aromatic heterocycles. The van der Waals surface area contributed by atoms with Gasteiger partial charge in [0.25, 0.3) is 0 Å². The molecule has 5 nitrogen and oxygen atoms in total. The van der Waals surface area contributed by atoms with E-state index in [1.165, 1.54) is 6.07 Å². The molecule has 1 unspecified atom stereocenters. The number of carbonyl (C=O) groups excluding carboxylic acids is 1. The summed E-state index contributed by atoms with van der Waals surface area (Å²) in [7, 11) is 0. The van der Waals surface area contributed by atoms with Gasteiger partial charge in [0.05, 0.1) is 13.2 Å². The van der Waals surface area contributed by atoms with Crippen molar-refractivity contribution in [3.63, 3.8) is 0 Å². The predicted octanol–water partition coefficient (Wildman–Crippen LogP) is 3.41. The Morgan fingerprint density at radius 1 is 1.15 bits per heavy atom. The van der Waals surface area contributed by atoms with Gasteiger partial charge in [-0.1, -0.05) is 12.1 Å². The molecule has 2 aromatic carbocycles. The fraction of sp³-hybridized carbons (Fsp3) is 0.350. The van der Waals surface area contributed by atoms with Crippen molar-refractivity contribution in [1.82, 2.24) is 0 Å². The summed E-state index contributed by atoms with van der Waals surface area (Å²) in [5.41, 5.74) is 2.97. The molecule has 1 heterocycles. The van der Waals surface area contributed by atoms with Crippen LogP contribution in [-0.4, -0.2) is 38.3 Å². The molecule has 0 aliphatic carbocycles. The van der Waals surface area contributed by atoms with Crippen LogP contribution in [0.3, 0.4) is 0 Å². The first-order chi connectivity index (χ1) is 12.5. The number of rotatable bonds is 5. The highest BCUT2D eigenvalue weighted by Crippen LogP contribution is 2.21. The molecule has 2 N–H and O–H groups in total. The van der Waals surface area contributed by atoms with Crippen molar-refractivity contribution >= 4 is 23.0 Å². The maximum atomic E-state index is 13.6. The van der Waals surface area contributed by atoms with E-state index in [4.69, 9.17) is 4.74 Å². The van der Waals surface area contributed by atoms with Crippen molar-refractivity contribution in [2.24, 2.45) is 0 Å². The number of amides is 1. The highest BCUT2D eigenvalue weighted by atomic mass is 19.1. The van der Waals surface area contributed by atoms with Crippen LogP contribution in [0.5, 0.6) is 0 Å². The van der Waals surface area contributed by atoms with Crippen LogP contribution in [0.2, 0.25) is 0 Å². The number of nitrogens with zero attached hydrogens (tertiary/aromatic N) is 1. The Balaban J connectivity index is 1.62. The molecule has 0 bridgehead atoms. The second-order valence-electron chi connectivity index (χ2n) is 6.47. The third kappa shape index (κ3) is 4.52. The minimum absolute atomic E-state index is 0.218. The monoisotopic (exact) mass is 357 g/mol. The summed E-state index contributed by atoms with van der Waals surface area (Å²) in [6.45, 7) is 6.64. The number of halogens is 1. The third-order valence-corrected chi connectivity index (χ3v) is 4.44. The van der Waals surface area contributed by atoms with Gasteiger partial charge in [0.1, 0.15) is 11.9 Å². The number of benzene rings is 2. The average Bonchev–Trinajstić information content (AvgIpc) is 2.65. The van der Waals surface area contributed by atoms with E-state index in [-0.39, 0.29) is 11.7 Å². The van der Waals surface area contributed by atoms with E-state index in [9.17, 15) is 9.18 Å². The summed E-state index contributed by atoms with van der Waals surface area (Å²) in [5.74, 6) is -0.549. The van der Waals surface area contributed by atoms with Crippen molar-refractivity contribution in [2.75, 3.05) is 41.8 Å².